The summed E-state index contributed by atoms with van der Waals surface area (Å²) in [4.78, 5) is 3.79. The predicted octanol–water partition coefficient (Wildman–Crippen LogP) is 2.86. The van der Waals surface area contributed by atoms with Crippen LogP contribution in [0.5, 0.6) is 0 Å². The van der Waals surface area contributed by atoms with E-state index >= 15 is 0 Å². The van der Waals surface area contributed by atoms with E-state index in [-0.39, 0.29) is 22.2 Å². The van der Waals surface area contributed by atoms with E-state index in [0.29, 0.717) is 0 Å². The second-order valence-corrected chi connectivity index (χ2v) is 4.06. The van der Waals surface area contributed by atoms with Gasteiger partial charge in [-0.3, -0.25) is 9.38 Å². The molecule has 0 unspecified atom stereocenters. The first-order chi connectivity index (χ1) is 9.09. The molecule has 0 bridgehead atoms. The summed E-state index contributed by atoms with van der Waals surface area (Å²) in [7, 11) is 0. The summed E-state index contributed by atoms with van der Waals surface area (Å²) in [5.41, 5.74) is 0.0335. The highest BCUT2D eigenvalue weighted by molar-refractivity contribution is 6.29. The normalized spacial score (nSPS) is 11.2. The Kier molecular flexibility index (Phi) is 2.63. The molecule has 3 rings (SSSR count). The summed E-state index contributed by atoms with van der Waals surface area (Å²) < 4.78 is 41.1. The standard InChI is InChI=1S/C11H4ClF3N4/c12-7-3-16-4-8-17-18-11(19(7)8)5-1-2-6(13)10(15)9(5)14/h1-4H. The number of fused-ring (bicyclic) bond motifs is 1. The summed E-state index contributed by atoms with van der Waals surface area (Å²) >= 11 is 5.91. The van der Waals surface area contributed by atoms with Crippen molar-refractivity contribution in [3.63, 3.8) is 0 Å². The number of benzene rings is 1. The van der Waals surface area contributed by atoms with Crippen LogP contribution in [-0.4, -0.2) is 19.6 Å². The first-order valence-corrected chi connectivity index (χ1v) is 5.46. The molecule has 4 nitrogen and oxygen atoms in total. The number of aromatic nitrogens is 4. The Labute approximate surface area is 109 Å². The van der Waals surface area contributed by atoms with Gasteiger partial charge in [-0.2, -0.15) is 0 Å². The van der Waals surface area contributed by atoms with Crippen LogP contribution in [0.3, 0.4) is 0 Å². The molecule has 96 valence electrons. The van der Waals surface area contributed by atoms with Crippen LogP contribution in [0, 0.1) is 17.5 Å². The minimum absolute atomic E-state index is 0.0289. The van der Waals surface area contributed by atoms with Crippen molar-refractivity contribution in [2.24, 2.45) is 0 Å². The molecule has 2 aromatic heterocycles. The van der Waals surface area contributed by atoms with Crippen molar-refractivity contribution in [3.8, 4) is 11.4 Å². The molecule has 0 saturated carbocycles. The third-order valence-corrected chi connectivity index (χ3v) is 2.82. The van der Waals surface area contributed by atoms with Gasteiger partial charge < -0.3 is 0 Å². The predicted molar refractivity (Wildman–Crippen MR) is 61.1 cm³/mol. The molecule has 0 aliphatic rings. The number of halogens is 4. The highest BCUT2D eigenvalue weighted by Crippen LogP contribution is 2.26. The van der Waals surface area contributed by atoms with Crippen molar-refractivity contribution >= 4 is 17.2 Å². The Morgan fingerprint density at radius 1 is 1.00 bits per heavy atom. The van der Waals surface area contributed by atoms with Gasteiger partial charge in [0.2, 0.25) is 0 Å². The fourth-order valence-corrected chi connectivity index (χ4v) is 1.91. The van der Waals surface area contributed by atoms with E-state index in [1.165, 1.54) is 16.8 Å². The molecular formula is C11H4ClF3N4. The maximum absolute atomic E-state index is 13.7. The van der Waals surface area contributed by atoms with Gasteiger partial charge in [0.05, 0.1) is 18.0 Å². The molecule has 0 atom stereocenters. The SMILES string of the molecule is Fc1ccc(-c2nnc3cncc(Cl)n23)c(F)c1F. The zero-order valence-electron chi connectivity index (χ0n) is 9.11. The average molecular weight is 285 g/mol. The topological polar surface area (TPSA) is 43.1 Å². The van der Waals surface area contributed by atoms with Crippen LogP contribution < -0.4 is 0 Å². The van der Waals surface area contributed by atoms with Crippen LogP contribution in [0.2, 0.25) is 5.15 Å². The van der Waals surface area contributed by atoms with Crippen molar-refractivity contribution in [2.45, 2.75) is 0 Å². The van der Waals surface area contributed by atoms with Gasteiger partial charge in [-0.15, -0.1) is 10.2 Å². The van der Waals surface area contributed by atoms with Gasteiger partial charge >= 0.3 is 0 Å². The molecule has 0 aliphatic carbocycles. The number of hydrogen-bond acceptors (Lipinski definition) is 3. The summed E-state index contributed by atoms with van der Waals surface area (Å²) in [6, 6.07) is 1.88. The fraction of sp³-hybridized carbons (Fsp3) is 0. The molecule has 0 saturated heterocycles. The minimum atomic E-state index is -1.57. The van der Waals surface area contributed by atoms with Gasteiger partial charge in [-0.05, 0) is 12.1 Å². The summed E-state index contributed by atoms with van der Waals surface area (Å²) in [6.45, 7) is 0. The lowest BCUT2D eigenvalue weighted by Gasteiger charge is -2.04. The third kappa shape index (κ3) is 1.74. The number of hydrogen-bond donors (Lipinski definition) is 0. The largest absolute Gasteiger partial charge is 0.262 e. The van der Waals surface area contributed by atoms with Crippen molar-refractivity contribution in [1.29, 1.82) is 0 Å². The fourth-order valence-electron chi connectivity index (χ4n) is 1.69. The zero-order chi connectivity index (χ0) is 13.6. The first-order valence-electron chi connectivity index (χ1n) is 5.08. The lowest BCUT2D eigenvalue weighted by atomic mass is 10.2. The highest BCUT2D eigenvalue weighted by atomic mass is 35.5. The lowest BCUT2D eigenvalue weighted by Crippen LogP contribution is -1.98. The van der Waals surface area contributed by atoms with Crippen molar-refractivity contribution in [3.05, 3.63) is 47.1 Å². The Hall–Kier alpha value is -2.15. The molecule has 0 N–H and O–H groups in total. The molecule has 19 heavy (non-hydrogen) atoms. The van der Waals surface area contributed by atoms with Crippen LogP contribution in [0.15, 0.2) is 24.5 Å². The van der Waals surface area contributed by atoms with Crippen molar-refractivity contribution in [1.82, 2.24) is 19.6 Å². The van der Waals surface area contributed by atoms with E-state index in [1.807, 2.05) is 0 Å². The number of rotatable bonds is 1. The monoisotopic (exact) mass is 284 g/mol. The first kappa shape index (κ1) is 11.9. The van der Waals surface area contributed by atoms with Gasteiger partial charge in [0, 0.05) is 0 Å². The molecule has 3 aromatic rings. The lowest BCUT2D eigenvalue weighted by molar-refractivity contribution is 0.448. The third-order valence-electron chi connectivity index (χ3n) is 2.55. The molecule has 0 amide bonds. The van der Waals surface area contributed by atoms with Gasteiger partial charge in [-0.1, -0.05) is 11.6 Å². The Morgan fingerprint density at radius 3 is 2.58 bits per heavy atom. The van der Waals surface area contributed by atoms with Crippen molar-refractivity contribution in [2.75, 3.05) is 0 Å². The maximum Gasteiger partial charge on any atom is 0.195 e. The summed E-state index contributed by atoms with van der Waals surface area (Å²) in [6.07, 6.45) is 2.67. The Balaban J connectivity index is 2.34. The second-order valence-electron chi connectivity index (χ2n) is 3.67. The minimum Gasteiger partial charge on any atom is -0.262 e. The van der Waals surface area contributed by atoms with E-state index in [2.05, 4.69) is 15.2 Å². The van der Waals surface area contributed by atoms with Gasteiger partial charge in [0.1, 0.15) is 5.15 Å². The smallest absolute Gasteiger partial charge is 0.195 e. The molecule has 0 radical (unpaired) electrons. The van der Waals surface area contributed by atoms with Gasteiger partial charge in [-0.25, -0.2) is 13.2 Å². The molecule has 0 spiro atoms. The average Bonchev–Trinajstić information content (AvgIpc) is 2.82. The highest BCUT2D eigenvalue weighted by Gasteiger charge is 2.19. The van der Waals surface area contributed by atoms with Crippen LogP contribution in [-0.2, 0) is 0 Å². The molecule has 8 heteroatoms. The second kappa shape index (κ2) is 4.20. The van der Waals surface area contributed by atoms with Gasteiger partial charge in [0.15, 0.2) is 28.9 Å². The number of nitrogens with zero attached hydrogens (tertiary/aromatic N) is 4. The van der Waals surface area contributed by atoms with Crippen molar-refractivity contribution < 1.29 is 13.2 Å². The van der Waals surface area contributed by atoms with E-state index in [0.717, 1.165) is 12.1 Å². The Bertz CT molecular complexity index is 787. The summed E-state index contributed by atoms with van der Waals surface area (Å²) in [5.74, 6) is -4.22. The van der Waals surface area contributed by atoms with Crippen LogP contribution in [0.25, 0.3) is 17.0 Å². The van der Waals surface area contributed by atoms with Crippen LogP contribution >= 0.6 is 11.6 Å². The molecule has 0 aliphatic heterocycles. The van der Waals surface area contributed by atoms with E-state index in [9.17, 15) is 13.2 Å². The maximum atomic E-state index is 13.7. The van der Waals surface area contributed by atoms with E-state index in [1.54, 1.807) is 0 Å². The Morgan fingerprint density at radius 2 is 1.79 bits per heavy atom. The molecule has 2 heterocycles. The molecule has 0 fully saturated rings. The van der Waals surface area contributed by atoms with E-state index < -0.39 is 17.5 Å². The quantitative estimate of drug-likeness (QED) is 0.645. The summed E-state index contributed by atoms with van der Waals surface area (Å²) in [5, 5.41) is 7.58. The van der Waals surface area contributed by atoms with Crippen LogP contribution in [0.4, 0.5) is 13.2 Å². The molecular weight excluding hydrogens is 281 g/mol. The molecule has 1 aromatic carbocycles. The zero-order valence-corrected chi connectivity index (χ0v) is 9.87. The van der Waals surface area contributed by atoms with E-state index in [4.69, 9.17) is 11.6 Å². The van der Waals surface area contributed by atoms with Crippen LogP contribution in [0.1, 0.15) is 0 Å². The van der Waals surface area contributed by atoms with Gasteiger partial charge in [0.25, 0.3) is 0 Å².